The van der Waals surface area contributed by atoms with Crippen LogP contribution < -0.4 is 0 Å². The summed E-state index contributed by atoms with van der Waals surface area (Å²) in [7, 11) is 0. The van der Waals surface area contributed by atoms with Gasteiger partial charge in [-0.1, -0.05) is 48.9 Å². The molecule has 0 atom stereocenters. The van der Waals surface area contributed by atoms with Crippen molar-refractivity contribution in [2.45, 2.75) is 57.5 Å². The number of benzene rings is 2. The summed E-state index contributed by atoms with van der Waals surface area (Å²) < 4.78 is 2.53. The number of fused-ring (bicyclic) bond motifs is 1. The molecule has 2 fully saturated rings. The van der Waals surface area contributed by atoms with E-state index in [1.807, 2.05) is 0 Å². The molecule has 146 valence electrons. The predicted molar refractivity (Wildman–Crippen MR) is 115 cm³/mol. The van der Waals surface area contributed by atoms with Gasteiger partial charge >= 0.3 is 0 Å². The Balaban J connectivity index is 1.15. The molecule has 3 aromatic rings. The van der Waals surface area contributed by atoms with Crippen molar-refractivity contribution in [1.29, 1.82) is 0 Å². The Hall–Kier alpha value is -2.13. The van der Waals surface area contributed by atoms with Gasteiger partial charge < -0.3 is 4.57 Å². The molecule has 1 saturated heterocycles. The Morgan fingerprint density at radius 2 is 1.61 bits per heavy atom. The van der Waals surface area contributed by atoms with Crippen molar-refractivity contribution in [3.8, 4) is 0 Å². The lowest BCUT2D eigenvalue weighted by molar-refractivity contribution is 0.166. The van der Waals surface area contributed by atoms with Crippen LogP contribution in [0.2, 0.25) is 0 Å². The maximum absolute atomic E-state index is 4.99. The standard InChI is InChI=1S/C25H31N3/c1-2-7-20(8-3-1)9-6-10-21-15-17-27(18-16-21)19-25-26-23-11-4-5-12-24(23)28(25)22-13-14-22/h1-5,7-8,11-12,21-22H,6,9-10,13-19H2. The number of nitrogens with zero attached hydrogens (tertiary/aromatic N) is 3. The van der Waals surface area contributed by atoms with Crippen LogP contribution in [0.25, 0.3) is 11.0 Å². The van der Waals surface area contributed by atoms with E-state index in [0.717, 1.165) is 12.5 Å². The first-order valence-electron chi connectivity index (χ1n) is 11.1. The van der Waals surface area contributed by atoms with E-state index in [1.54, 1.807) is 0 Å². The van der Waals surface area contributed by atoms with Crippen LogP contribution in [0.5, 0.6) is 0 Å². The fourth-order valence-electron chi connectivity index (χ4n) is 4.82. The van der Waals surface area contributed by atoms with Crippen LogP contribution in [-0.2, 0) is 13.0 Å². The number of rotatable bonds is 7. The minimum atomic E-state index is 0.693. The lowest BCUT2D eigenvalue weighted by Gasteiger charge is -2.31. The van der Waals surface area contributed by atoms with Gasteiger partial charge in [-0.05, 0) is 75.2 Å². The van der Waals surface area contributed by atoms with E-state index < -0.39 is 0 Å². The Morgan fingerprint density at radius 3 is 2.39 bits per heavy atom. The molecule has 0 spiro atoms. The monoisotopic (exact) mass is 373 g/mol. The number of hydrogen-bond acceptors (Lipinski definition) is 2. The van der Waals surface area contributed by atoms with E-state index in [-0.39, 0.29) is 0 Å². The van der Waals surface area contributed by atoms with Gasteiger partial charge in [-0.2, -0.15) is 0 Å². The highest BCUT2D eigenvalue weighted by Crippen LogP contribution is 2.39. The minimum absolute atomic E-state index is 0.693. The minimum Gasteiger partial charge on any atom is -0.324 e. The first kappa shape index (κ1) is 17.9. The van der Waals surface area contributed by atoms with Gasteiger partial charge in [-0.15, -0.1) is 0 Å². The number of aryl methyl sites for hydroxylation is 1. The quantitative estimate of drug-likeness (QED) is 0.537. The highest BCUT2D eigenvalue weighted by molar-refractivity contribution is 5.76. The Labute approximate surface area is 168 Å². The maximum Gasteiger partial charge on any atom is 0.124 e. The molecule has 0 bridgehead atoms. The first-order valence-corrected chi connectivity index (χ1v) is 11.1. The third kappa shape index (κ3) is 4.00. The summed E-state index contributed by atoms with van der Waals surface area (Å²) in [4.78, 5) is 7.62. The second-order valence-electron chi connectivity index (χ2n) is 8.72. The number of aromatic nitrogens is 2. The molecule has 1 aliphatic carbocycles. The van der Waals surface area contributed by atoms with Gasteiger partial charge in [-0.3, -0.25) is 4.90 Å². The molecule has 3 heteroatoms. The third-order valence-corrected chi connectivity index (χ3v) is 6.57. The van der Waals surface area contributed by atoms with E-state index in [4.69, 9.17) is 4.98 Å². The highest BCUT2D eigenvalue weighted by atomic mass is 15.2. The normalized spacial score (nSPS) is 18.7. The summed E-state index contributed by atoms with van der Waals surface area (Å²) in [6.07, 6.45) is 9.26. The lowest BCUT2D eigenvalue weighted by Crippen LogP contribution is -2.34. The van der Waals surface area contributed by atoms with Crippen molar-refractivity contribution in [2.24, 2.45) is 5.92 Å². The highest BCUT2D eigenvalue weighted by Gasteiger charge is 2.29. The Morgan fingerprint density at radius 1 is 0.857 bits per heavy atom. The molecule has 2 heterocycles. The van der Waals surface area contributed by atoms with E-state index in [0.29, 0.717) is 6.04 Å². The summed E-state index contributed by atoms with van der Waals surface area (Å²) in [6, 6.07) is 20.3. The molecule has 0 N–H and O–H groups in total. The van der Waals surface area contributed by atoms with Gasteiger partial charge in [0.05, 0.1) is 17.6 Å². The molecule has 28 heavy (non-hydrogen) atoms. The SMILES string of the molecule is c1ccc(CCCC2CCN(Cc3nc4ccccc4n3C3CC3)CC2)cc1. The number of piperidine rings is 1. The van der Waals surface area contributed by atoms with Crippen LogP contribution >= 0.6 is 0 Å². The van der Waals surface area contributed by atoms with Crippen molar-refractivity contribution in [3.05, 3.63) is 66.0 Å². The molecular weight excluding hydrogens is 342 g/mol. The molecular formula is C25H31N3. The smallest absolute Gasteiger partial charge is 0.124 e. The summed E-state index contributed by atoms with van der Waals surface area (Å²) in [5.74, 6) is 2.19. The number of hydrogen-bond donors (Lipinski definition) is 0. The summed E-state index contributed by atoms with van der Waals surface area (Å²) in [5.41, 5.74) is 3.98. The average molecular weight is 374 g/mol. The lowest BCUT2D eigenvalue weighted by atomic mass is 9.91. The summed E-state index contributed by atoms with van der Waals surface area (Å²) in [5, 5.41) is 0. The van der Waals surface area contributed by atoms with Gasteiger partial charge in [0.2, 0.25) is 0 Å². The van der Waals surface area contributed by atoms with Crippen molar-refractivity contribution in [1.82, 2.24) is 14.5 Å². The molecule has 2 aliphatic rings. The van der Waals surface area contributed by atoms with Crippen LogP contribution in [0.4, 0.5) is 0 Å². The Bertz CT molecular complexity index is 902. The maximum atomic E-state index is 4.99. The van der Waals surface area contributed by atoms with Crippen LogP contribution in [0, 0.1) is 5.92 Å². The van der Waals surface area contributed by atoms with Gasteiger partial charge in [0.1, 0.15) is 5.82 Å². The van der Waals surface area contributed by atoms with Crippen molar-refractivity contribution < 1.29 is 0 Å². The van der Waals surface area contributed by atoms with Crippen LogP contribution in [0.15, 0.2) is 54.6 Å². The van der Waals surface area contributed by atoms with E-state index in [2.05, 4.69) is 64.1 Å². The zero-order chi connectivity index (χ0) is 18.8. The molecule has 0 amide bonds. The number of imidazole rings is 1. The molecule has 2 aromatic carbocycles. The number of likely N-dealkylation sites (tertiary alicyclic amines) is 1. The molecule has 1 saturated carbocycles. The summed E-state index contributed by atoms with van der Waals surface area (Å²) >= 11 is 0. The predicted octanol–water partition coefficient (Wildman–Crippen LogP) is 5.61. The second-order valence-corrected chi connectivity index (χ2v) is 8.72. The average Bonchev–Trinajstić information content (AvgIpc) is 3.51. The largest absolute Gasteiger partial charge is 0.324 e. The van der Waals surface area contributed by atoms with E-state index in [9.17, 15) is 0 Å². The second kappa shape index (κ2) is 8.08. The van der Waals surface area contributed by atoms with Crippen LogP contribution in [0.3, 0.4) is 0 Å². The van der Waals surface area contributed by atoms with Crippen LogP contribution in [0.1, 0.15) is 56.0 Å². The third-order valence-electron chi connectivity index (χ3n) is 6.57. The first-order chi connectivity index (χ1) is 13.9. The van der Waals surface area contributed by atoms with Gasteiger partial charge in [0.25, 0.3) is 0 Å². The molecule has 5 rings (SSSR count). The van der Waals surface area contributed by atoms with Gasteiger partial charge in [0.15, 0.2) is 0 Å². The van der Waals surface area contributed by atoms with Crippen molar-refractivity contribution in [3.63, 3.8) is 0 Å². The molecule has 3 nitrogen and oxygen atoms in total. The fraction of sp³-hybridized carbons (Fsp3) is 0.480. The zero-order valence-electron chi connectivity index (χ0n) is 16.8. The molecule has 1 aromatic heterocycles. The molecule has 1 aliphatic heterocycles. The molecule has 0 unspecified atom stereocenters. The molecule has 0 radical (unpaired) electrons. The Kier molecular flexibility index (Phi) is 5.18. The van der Waals surface area contributed by atoms with E-state index >= 15 is 0 Å². The zero-order valence-corrected chi connectivity index (χ0v) is 16.8. The van der Waals surface area contributed by atoms with Crippen LogP contribution in [-0.4, -0.2) is 27.5 Å². The van der Waals surface area contributed by atoms with Crippen molar-refractivity contribution >= 4 is 11.0 Å². The van der Waals surface area contributed by atoms with Gasteiger partial charge in [0, 0.05) is 6.04 Å². The van der Waals surface area contributed by atoms with Gasteiger partial charge in [-0.25, -0.2) is 4.98 Å². The topological polar surface area (TPSA) is 21.1 Å². The summed E-state index contributed by atoms with van der Waals surface area (Å²) in [6.45, 7) is 3.47. The van der Waals surface area contributed by atoms with Crippen molar-refractivity contribution in [2.75, 3.05) is 13.1 Å². The fourth-order valence-corrected chi connectivity index (χ4v) is 4.82. The van der Waals surface area contributed by atoms with E-state index in [1.165, 1.54) is 80.5 Å². The number of para-hydroxylation sites is 2.